The third-order valence-electron chi connectivity index (χ3n) is 2.18. The molecule has 0 aliphatic heterocycles. The van der Waals surface area contributed by atoms with Gasteiger partial charge in [0.05, 0.1) is 0 Å². The number of rotatable bonds is 5. The number of halogens is 2. The lowest BCUT2D eigenvalue weighted by Crippen LogP contribution is -2.06. The number of hydrogen-bond donors (Lipinski definition) is 1. The van der Waals surface area contributed by atoms with Crippen molar-refractivity contribution in [2.75, 3.05) is 0 Å². The van der Waals surface area contributed by atoms with Crippen molar-refractivity contribution in [3.05, 3.63) is 17.0 Å². The summed E-state index contributed by atoms with van der Waals surface area (Å²) in [6.07, 6.45) is 0.291. The van der Waals surface area contributed by atoms with Gasteiger partial charge < -0.3 is 5.11 Å². The number of carboxylic acid groups (broad SMARTS) is 1. The molecule has 0 aliphatic rings. The first-order valence-electron chi connectivity index (χ1n) is 4.91. The first kappa shape index (κ1) is 13.8. The van der Waals surface area contributed by atoms with Crippen molar-refractivity contribution >= 4 is 17.7 Å². The molecule has 1 aromatic heterocycles. The molecule has 1 aromatic rings. The summed E-state index contributed by atoms with van der Waals surface area (Å²) < 4.78 is 24.3. The Morgan fingerprint density at radius 1 is 1.35 bits per heavy atom. The fourth-order valence-corrected chi connectivity index (χ4v) is 1.97. The van der Waals surface area contributed by atoms with Crippen LogP contribution in [0.5, 0.6) is 0 Å². The molecule has 0 unspecified atom stereocenters. The van der Waals surface area contributed by atoms with E-state index in [-0.39, 0.29) is 23.3 Å². The molecular weight excluding hydrogens is 250 g/mol. The van der Waals surface area contributed by atoms with Crippen LogP contribution in [0, 0.1) is 13.8 Å². The zero-order chi connectivity index (χ0) is 13.0. The molecule has 94 valence electrons. The maximum atomic E-state index is 12.1. The van der Waals surface area contributed by atoms with Crippen molar-refractivity contribution in [1.82, 2.24) is 9.97 Å². The molecule has 0 saturated heterocycles. The Labute approximate surface area is 101 Å². The predicted octanol–water partition coefficient (Wildman–Crippen LogP) is 2.43. The topological polar surface area (TPSA) is 63.1 Å². The molecule has 0 bridgehead atoms. The zero-order valence-electron chi connectivity index (χ0n) is 9.41. The highest BCUT2D eigenvalue weighted by Gasteiger charge is 2.13. The average Bonchev–Trinajstić information content (AvgIpc) is 2.14. The average molecular weight is 262 g/mol. The first-order chi connectivity index (χ1) is 7.90. The second-order valence-electron chi connectivity index (χ2n) is 3.43. The van der Waals surface area contributed by atoms with Crippen LogP contribution in [0.2, 0.25) is 0 Å². The normalized spacial score (nSPS) is 10.9. The Bertz CT molecular complexity index is 404. The molecule has 17 heavy (non-hydrogen) atoms. The molecule has 4 nitrogen and oxygen atoms in total. The molecule has 0 amide bonds. The van der Waals surface area contributed by atoms with Crippen molar-refractivity contribution in [2.45, 2.75) is 37.6 Å². The predicted molar refractivity (Wildman–Crippen MR) is 59.3 cm³/mol. The van der Waals surface area contributed by atoms with E-state index in [0.717, 1.165) is 0 Å². The van der Waals surface area contributed by atoms with Crippen molar-refractivity contribution in [3.8, 4) is 0 Å². The molecule has 0 radical (unpaired) electrons. The summed E-state index contributed by atoms with van der Waals surface area (Å²) in [5.41, 5.74) is 1.83. The molecular formula is C10H12F2N2O2S. The van der Waals surface area contributed by atoms with Gasteiger partial charge in [0, 0.05) is 17.8 Å². The maximum Gasteiger partial charge on any atom is 0.303 e. The monoisotopic (exact) mass is 262 g/mol. The largest absolute Gasteiger partial charge is 0.481 e. The lowest BCUT2D eigenvalue weighted by atomic mass is 10.1. The highest BCUT2D eigenvalue weighted by molar-refractivity contribution is 7.99. The van der Waals surface area contributed by atoms with Crippen LogP contribution in [0.1, 0.15) is 23.4 Å². The molecule has 0 atom stereocenters. The molecule has 0 spiro atoms. The van der Waals surface area contributed by atoms with E-state index in [4.69, 9.17) is 5.11 Å². The van der Waals surface area contributed by atoms with E-state index in [1.54, 1.807) is 13.8 Å². The van der Waals surface area contributed by atoms with Gasteiger partial charge >= 0.3 is 5.97 Å². The zero-order valence-corrected chi connectivity index (χ0v) is 10.2. The molecule has 1 heterocycles. The molecule has 0 aromatic carbocycles. The standard InChI is InChI=1S/C10H12F2N2O2S/c1-5-7(3-4-8(15)16)6(2)14-10(13-5)17-9(11)12/h9H,3-4H2,1-2H3,(H,15,16). The summed E-state index contributed by atoms with van der Waals surface area (Å²) in [6.45, 7) is 3.34. The Balaban J connectivity index is 2.90. The summed E-state index contributed by atoms with van der Waals surface area (Å²) in [7, 11) is 0. The van der Waals surface area contributed by atoms with Crippen LogP contribution in [-0.4, -0.2) is 26.8 Å². The smallest absolute Gasteiger partial charge is 0.303 e. The Morgan fingerprint density at radius 3 is 2.29 bits per heavy atom. The van der Waals surface area contributed by atoms with Gasteiger partial charge in [-0.05, 0) is 37.6 Å². The molecule has 1 N–H and O–H groups in total. The van der Waals surface area contributed by atoms with Crippen molar-refractivity contribution in [2.24, 2.45) is 0 Å². The van der Waals surface area contributed by atoms with Gasteiger partial charge in [-0.25, -0.2) is 9.97 Å². The lowest BCUT2D eigenvalue weighted by molar-refractivity contribution is -0.136. The van der Waals surface area contributed by atoms with Crippen LogP contribution < -0.4 is 0 Å². The van der Waals surface area contributed by atoms with E-state index >= 15 is 0 Å². The molecule has 0 fully saturated rings. The van der Waals surface area contributed by atoms with Crippen molar-refractivity contribution in [3.63, 3.8) is 0 Å². The van der Waals surface area contributed by atoms with Crippen LogP contribution in [0.4, 0.5) is 8.78 Å². The van der Waals surface area contributed by atoms with E-state index in [1.807, 2.05) is 0 Å². The van der Waals surface area contributed by atoms with Gasteiger partial charge in [0.15, 0.2) is 5.16 Å². The number of alkyl halides is 2. The number of carbonyl (C=O) groups is 1. The summed E-state index contributed by atoms with van der Waals surface area (Å²) in [4.78, 5) is 18.3. The number of hydrogen-bond acceptors (Lipinski definition) is 4. The Morgan fingerprint density at radius 2 is 1.88 bits per heavy atom. The van der Waals surface area contributed by atoms with E-state index < -0.39 is 11.7 Å². The highest BCUT2D eigenvalue weighted by atomic mass is 32.2. The van der Waals surface area contributed by atoms with Gasteiger partial charge in [0.1, 0.15) is 0 Å². The van der Waals surface area contributed by atoms with E-state index in [2.05, 4.69) is 9.97 Å². The van der Waals surface area contributed by atoms with E-state index in [0.29, 0.717) is 23.4 Å². The first-order valence-corrected chi connectivity index (χ1v) is 5.79. The summed E-state index contributed by atoms with van der Waals surface area (Å²) >= 11 is 0.288. The fourth-order valence-electron chi connectivity index (χ4n) is 1.43. The number of carboxylic acids is 1. The quantitative estimate of drug-likeness (QED) is 0.652. The van der Waals surface area contributed by atoms with Crippen LogP contribution in [0.15, 0.2) is 5.16 Å². The van der Waals surface area contributed by atoms with Crippen molar-refractivity contribution < 1.29 is 18.7 Å². The van der Waals surface area contributed by atoms with E-state index in [1.165, 1.54) is 0 Å². The number of nitrogens with zero attached hydrogens (tertiary/aromatic N) is 2. The second-order valence-corrected chi connectivity index (χ2v) is 4.38. The van der Waals surface area contributed by atoms with Crippen LogP contribution in [0.25, 0.3) is 0 Å². The van der Waals surface area contributed by atoms with Crippen LogP contribution >= 0.6 is 11.8 Å². The number of thioether (sulfide) groups is 1. The summed E-state index contributed by atoms with van der Waals surface area (Å²) in [5, 5.41) is 8.61. The Hall–Kier alpha value is -1.24. The van der Waals surface area contributed by atoms with Crippen LogP contribution in [-0.2, 0) is 11.2 Å². The third-order valence-corrected chi connectivity index (χ3v) is 2.76. The molecule has 7 heteroatoms. The number of aryl methyl sites for hydroxylation is 2. The van der Waals surface area contributed by atoms with Gasteiger partial charge in [-0.3, -0.25) is 4.79 Å². The van der Waals surface area contributed by atoms with Gasteiger partial charge in [-0.15, -0.1) is 0 Å². The molecule has 0 saturated carbocycles. The van der Waals surface area contributed by atoms with Gasteiger partial charge in [-0.2, -0.15) is 8.78 Å². The summed E-state index contributed by atoms with van der Waals surface area (Å²) in [5.74, 6) is -3.46. The third kappa shape index (κ3) is 4.26. The highest BCUT2D eigenvalue weighted by Crippen LogP contribution is 2.23. The summed E-state index contributed by atoms with van der Waals surface area (Å²) in [6, 6.07) is 0. The minimum atomic E-state index is -2.56. The van der Waals surface area contributed by atoms with Crippen molar-refractivity contribution in [1.29, 1.82) is 0 Å². The van der Waals surface area contributed by atoms with Gasteiger partial charge in [0.25, 0.3) is 5.76 Å². The molecule has 1 rings (SSSR count). The van der Waals surface area contributed by atoms with Gasteiger partial charge in [0.2, 0.25) is 0 Å². The minimum absolute atomic E-state index is 0.0215. The lowest BCUT2D eigenvalue weighted by Gasteiger charge is -2.09. The SMILES string of the molecule is Cc1nc(SC(F)F)nc(C)c1CCC(=O)O. The maximum absolute atomic E-state index is 12.1. The number of aliphatic carboxylic acids is 1. The van der Waals surface area contributed by atoms with E-state index in [9.17, 15) is 13.6 Å². The minimum Gasteiger partial charge on any atom is -0.481 e. The second kappa shape index (κ2) is 5.90. The fraction of sp³-hybridized carbons (Fsp3) is 0.500. The Kier molecular flexibility index (Phi) is 4.80. The van der Waals surface area contributed by atoms with Crippen LogP contribution in [0.3, 0.4) is 0 Å². The van der Waals surface area contributed by atoms with Gasteiger partial charge in [-0.1, -0.05) is 0 Å². The number of aromatic nitrogens is 2. The molecule has 0 aliphatic carbocycles.